The van der Waals surface area contributed by atoms with Gasteiger partial charge >= 0.3 is 0 Å². The molecule has 1 aromatic carbocycles. The molecule has 0 unspecified atom stereocenters. The Morgan fingerprint density at radius 3 is 2.44 bits per heavy atom. The Morgan fingerprint density at radius 2 is 1.94 bits per heavy atom. The van der Waals surface area contributed by atoms with Crippen molar-refractivity contribution in [3.05, 3.63) is 17.7 Å². The minimum absolute atomic E-state index is 0.186. The van der Waals surface area contributed by atoms with Gasteiger partial charge in [0.1, 0.15) is 17.3 Å². The number of Topliss-reactive ketones (excluding diaryl/α,β-unsaturated/α-hetero) is 1. The van der Waals surface area contributed by atoms with Gasteiger partial charge in [-0.05, 0) is 26.0 Å². The fourth-order valence-electron chi connectivity index (χ4n) is 1.88. The van der Waals surface area contributed by atoms with Crippen molar-refractivity contribution in [3.8, 4) is 11.5 Å². The molecule has 18 heavy (non-hydrogen) atoms. The highest BCUT2D eigenvalue weighted by atomic mass is 16.5. The van der Waals surface area contributed by atoms with Gasteiger partial charge < -0.3 is 14.4 Å². The number of nitrogens with zero attached hydrogens (tertiary/aromatic N) is 1. The Balaban J connectivity index is 3.01. The zero-order valence-corrected chi connectivity index (χ0v) is 11.7. The van der Waals surface area contributed by atoms with Gasteiger partial charge in [-0.25, -0.2) is 0 Å². The Hall–Kier alpha value is -1.71. The van der Waals surface area contributed by atoms with Crippen LogP contribution in [0.1, 0.15) is 18.9 Å². The minimum atomic E-state index is 0.186. The zero-order chi connectivity index (χ0) is 13.7. The lowest BCUT2D eigenvalue weighted by Gasteiger charge is -2.23. The number of hydrogen-bond acceptors (Lipinski definition) is 4. The Labute approximate surface area is 108 Å². The third-order valence-electron chi connectivity index (χ3n) is 2.97. The number of rotatable bonds is 6. The van der Waals surface area contributed by atoms with Crippen molar-refractivity contribution in [2.24, 2.45) is 0 Å². The number of benzene rings is 1. The predicted molar refractivity (Wildman–Crippen MR) is 72.9 cm³/mol. The molecule has 4 nitrogen and oxygen atoms in total. The normalized spacial score (nSPS) is 10.1. The summed E-state index contributed by atoms with van der Waals surface area (Å²) in [4.78, 5) is 13.0. The van der Waals surface area contributed by atoms with Crippen LogP contribution in [0.3, 0.4) is 0 Å². The Kier molecular flexibility index (Phi) is 5.01. The first-order chi connectivity index (χ1) is 8.51. The first-order valence-corrected chi connectivity index (χ1v) is 5.93. The zero-order valence-electron chi connectivity index (χ0n) is 11.7. The van der Waals surface area contributed by atoms with Gasteiger partial charge in [-0.15, -0.1) is 0 Å². The third kappa shape index (κ3) is 3.15. The van der Waals surface area contributed by atoms with E-state index in [1.165, 1.54) is 0 Å². The number of ether oxygens (including phenoxy) is 2. The molecule has 0 spiro atoms. The maximum atomic E-state index is 11.0. The first kappa shape index (κ1) is 14.4. The lowest BCUT2D eigenvalue weighted by Crippen LogP contribution is -2.21. The summed E-state index contributed by atoms with van der Waals surface area (Å²) in [5.41, 5.74) is 1.93. The second-order valence-corrected chi connectivity index (χ2v) is 4.32. The van der Waals surface area contributed by atoms with E-state index in [0.717, 1.165) is 22.7 Å². The molecule has 0 saturated carbocycles. The van der Waals surface area contributed by atoms with Crippen LogP contribution >= 0.6 is 0 Å². The van der Waals surface area contributed by atoms with Crippen LogP contribution in [0.5, 0.6) is 11.5 Å². The van der Waals surface area contributed by atoms with E-state index >= 15 is 0 Å². The maximum Gasteiger partial charge on any atom is 0.148 e. The van der Waals surface area contributed by atoms with Gasteiger partial charge in [-0.1, -0.05) is 0 Å². The smallest absolute Gasteiger partial charge is 0.148 e. The molecular formula is C14H21NO3. The molecule has 0 aliphatic heterocycles. The minimum Gasteiger partial charge on any atom is -0.496 e. The number of hydrogen-bond donors (Lipinski definition) is 0. The van der Waals surface area contributed by atoms with Crippen LogP contribution in [0.2, 0.25) is 0 Å². The lowest BCUT2D eigenvalue weighted by molar-refractivity contribution is -0.116. The summed E-state index contributed by atoms with van der Waals surface area (Å²) in [6, 6.07) is 3.86. The average Bonchev–Trinajstić information content (AvgIpc) is 2.35. The number of ketones is 1. The van der Waals surface area contributed by atoms with Crippen molar-refractivity contribution in [1.82, 2.24) is 0 Å². The van der Waals surface area contributed by atoms with Gasteiger partial charge in [0.2, 0.25) is 0 Å². The fraction of sp³-hybridized carbons (Fsp3) is 0.500. The van der Waals surface area contributed by atoms with E-state index in [2.05, 4.69) is 0 Å². The molecule has 0 aliphatic carbocycles. The fourth-order valence-corrected chi connectivity index (χ4v) is 1.88. The highest BCUT2D eigenvalue weighted by Gasteiger charge is 2.14. The van der Waals surface area contributed by atoms with Crippen molar-refractivity contribution in [3.63, 3.8) is 0 Å². The van der Waals surface area contributed by atoms with Crippen molar-refractivity contribution in [1.29, 1.82) is 0 Å². The molecule has 0 radical (unpaired) electrons. The monoisotopic (exact) mass is 251 g/mol. The second kappa shape index (κ2) is 6.28. The molecule has 0 aromatic heterocycles. The van der Waals surface area contributed by atoms with E-state index in [1.807, 2.05) is 31.0 Å². The number of anilines is 1. The standard InChI is InChI=1S/C14H21NO3/c1-10(16)8-9-15(3)12-6-7-13(17-4)11(2)14(12)18-5/h6-7H,8-9H2,1-5H3. The summed E-state index contributed by atoms with van der Waals surface area (Å²) in [7, 11) is 5.23. The van der Waals surface area contributed by atoms with Crippen LogP contribution in [0.4, 0.5) is 5.69 Å². The van der Waals surface area contributed by atoms with Crippen LogP contribution in [0, 0.1) is 6.92 Å². The van der Waals surface area contributed by atoms with Gasteiger partial charge in [0.25, 0.3) is 0 Å². The maximum absolute atomic E-state index is 11.0. The lowest BCUT2D eigenvalue weighted by atomic mass is 10.1. The van der Waals surface area contributed by atoms with Crippen LogP contribution in [-0.2, 0) is 4.79 Å². The summed E-state index contributed by atoms with van der Waals surface area (Å²) in [6.45, 7) is 4.24. The van der Waals surface area contributed by atoms with E-state index in [4.69, 9.17) is 9.47 Å². The van der Waals surface area contributed by atoms with Crippen LogP contribution < -0.4 is 14.4 Å². The molecule has 0 heterocycles. The van der Waals surface area contributed by atoms with Crippen molar-refractivity contribution >= 4 is 11.5 Å². The van der Waals surface area contributed by atoms with E-state index < -0.39 is 0 Å². The quantitative estimate of drug-likeness (QED) is 0.778. The van der Waals surface area contributed by atoms with Crippen molar-refractivity contribution in [2.75, 3.05) is 32.7 Å². The molecule has 4 heteroatoms. The van der Waals surface area contributed by atoms with E-state index in [-0.39, 0.29) is 5.78 Å². The van der Waals surface area contributed by atoms with Crippen molar-refractivity contribution in [2.45, 2.75) is 20.3 Å². The summed E-state index contributed by atoms with van der Waals surface area (Å²) in [5.74, 6) is 1.78. The van der Waals surface area contributed by atoms with Gasteiger partial charge in [0.15, 0.2) is 0 Å². The topological polar surface area (TPSA) is 38.8 Å². The first-order valence-electron chi connectivity index (χ1n) is 5.93. The van der Waals surface area contributed by atoms with Gasteiger partial charge in [-0.2, -0.15) is 0 Å². The van der Waals surface area contributed by atoms with Gasteiger partial charge in [0, 0.05) is 25.6 Å². The molecule has 0 fully saturated rings. The number of carbonyl (C=O) groups excluding carboxylic acids is 1. The van der Waals surface area contributed by atoms with Crippen LogP contribution in [0.25, 0.3) is 0 Å². The summed E-state index contributed by atoms with van der Waals surface area (Å²) < 4.78 is 10.7. The average molecular weight is 251 g/mol. The second-order valence-electron chi connectivity index (χ2n) is 4.32. The largest absolute Gasteiger partial charge is 0.496 e. The number of methoxy groups -OCH3 is 2. The molecule has 0 saturated heterocycles. The molecule has 0 bridgehead atoms. The van der Waals surface area contributed by atoms with Crippen molar-refractivity contribution < 1.29 is 14.3 Å². The molecule has 100 valence electrons. The van der Waals surface area contributed by atoms with Gasteiger partial charge in [0.05, 0.1) is 19.9 Å². The molecule has 0 amide bonds. The molecule has 1 rings (SSSR count). The van der Waals surface area contributed by atoms with Crippen LogP contribution in [-0.4, -0.2) is 33.6 Å². The molecule has 0 atom stereocenters. The number of carbonyl (C=O) groups is 1. The van der Waals surface area contributed by atoms with Gasteiger partial charge in [-0.3, -0.25) is 4.79 Å². The highest BCUT2D eigenvalue weighted by Crippen LogP contribution is 2.36. The van der Waals surface area contributed by atoms with E-state index in [1.54, 1.807) is 21.1 Å². The molecule has 0 aliphatic rings. The Morgan fingerprint density at radius 1 is 1.28 bits per heavy atom. The third-order valence-corrected chi connectivity index (χ3v) is 2.97. The summed E-state index contributed by atoms with van der Waals surface area (Å²) in [5, 5.41) is 0. The Bertz CT molecular complexity index is 429. The molecule has 0 N–H and O–H groups in total. The molecule has 1 aromatic rings. The summed E-state index contributed by atoms with van der Waals surface area (Å²) >= 11 is 0. The van der Waals surface area contributed by atoms with E-state index in [0.29, 0.717) is 13.0 Å². The predicted octanol–water partition coefficient (Wildman–Crippen LogP) is 2.43. The SMILES string of the molecule is COc1ccc(N(C)CCC(C)=O)c(OC)c1C. The highest BCUT2D eigenvalue weighted by molar-refractivity contribution is 5.76. The van der Waals surface area contributed by atoms with Crippen LogP contribution in [0.15, 0.2) is 12.1 Å². The summed E-state index contributed by atoms with van der Waals surface area (Å²) in [6.07, 6.45) is 0.532. The van der Waals surface area contributed by atoms with E-state index in [9.17, 15) is 4.79 Å². The molecular weight excluding hydrogens is 230 g/mol.